The number of aryl methyl sites for hydroxylation is 1. The quantitative estimate of drug-likeness (QED) is 0.449. The molecular weight excluding hydrogens is 378 g/mol. The van der Waals surface area contributed by atoms with Crippen molar-refractivity contribution in [3.63, 3.8) is 0 Å². The van der Waals surface area contributed by atoms with Crippen LogP contribution in [-0.2, 0) is 7.05 Å². The van der Waals surface area contributed by atoms with Gasteiger partial charge in [-0.15, -0.1) is 0 Å². The van der Waals surface area contributed by atoms with Crippen LogP contribution in [0.25, 0.3) is 33.1 Å². The van der Waals surface area contributed by atoms with Crippen molar-refractivity contribution in [3.05, 3.63) is 48.6 Å². The Morgan fingerprint density at radius 1 is 1.17 bits per heavy atom. The van der Waals surface area contributed by atoms with Crippen LogP contribution in [0.4, 0.5) is 17.5 Å². The van der Waals surface area contributed by atoms with E-state index in [4.69, 9.17) is 15.1 Å². The molecule has 4 heterocycles. The summed E-state index contributed by atoms with van der Waals surface area (Å²) in [6.45, 7) is 6.23. The minimum atomic E-state index is 0.209. The van der Waals surface area contributed by atoms with Crippen LogP contribution in [0.3, 0.4) is 0 Å². The van der Waals surface area contributed by atoms with Gasteiger partial charge in [-0.2, -0.15) is 15.1 Å². The van der Waals surface area contributed by atoms with E-state index in [0.717, 1.165) is 44.5 Å². The van der Waals surface area contributed by atoms with Gasteiger partial charge in [-0.05, 0) is 44.5 Å². The minimum absolute atomic E-state index is 0.209. The summed E-state index contributed by atoms with van der Waals surface area (Å²) in [4.78, 5) is 9.35. The molecule has 0 fully saturated rings. The molecule has 0 saturated carbocycles. The Morgan fingerprint density at radius 2 is 2.00 bits per heavy atom. The molecule has 0 aliphatic rings. The number of hydrogen-bond donors (Lipinski definition) is 2. The Kier molecular flexibility index (Phi) is 4.02. The van der Waals surface area contributed by atoms with Crippen molar-refractivity contribution in [2.24, 2.45) is 7.05 Å². The number of anilines is 3. The zero-order valence-electron chi connectivity index (χ0n) is 17.3. The van der Waals surface area contributed by atoms with Crippen molar-refractivity contribution in [3.8, 4) is 11.1 Å². The summed E-state index contributed by atoms with van der Waals surface area (Å²) < 4.78 is 9.40. The van der Waals surface area contributed by atoms with E-state index in [1.165, 1.54) is 0 Å². The number of hydrogen-bond acceptors (Lipinski definition) is 6. The zero-order valence-corrected chi connectivity index (χ0v) is 17.3. The van der Waals surface area contributed by atoms with Crippen molar-refractivity contribution in [1.29, 1.82) is 0 Å². The lowest BCUT2D eigenvalue weighted by atomic mass is 10.0. The summed E-state index contributed by atoms with van der Waals surface area (Å²) in [6.07, 6.45) is 5.55. The molecule has 5 rings (SSSR count). The molecule has 0 amide bonds. The summed E-state index contributed by atoms with van der Waals surface area (Å²) in [5.74, 6) is 0.888. The highest BCUT2D eigenvalue weighted by molar-refractivity contribution is 6.02. The Balaban J connectivity index is 1.68. The number of nitrogens with one attached hydrogen (secondary N) is 1. The maximum atomic E-state index is 6.45. The van der Waals surface area contributed by atoms with Gasteiger partial charge in [0.2, 0.25) is 5.95 Å². The lowest BCUT2D eigenvalue weighted by Gasteiger charge is -2.10. The molecule has 3 N–H and O–H groups in total. The van der Waals surface area contributed by atoms with Gasteiger partial charge in [0.05, 0.1) is 29.2 Å². The molecule has 1 aromatic carbocycles. The number of fused-ring (bicyclic) bond motifs is 2. The van der Waals surface area contributed by atoms with E-state index in [9.17, 15) is 0 Å². The Bertz CT molecular complexity index is 1390. The number of furan rings is 1. The number of nitrogen functional groups attached to an aromatic ring is 1. The van der Waals surface area contributed by atoms with Gasteiger partial charge in [-0.25, -0.2) is 0 Å². The van der Waals surface area contributed by atoms with Gasteiger partial charge in [0.15, 0.2) is 0 Å². The summed E-state index contributed by atoms with van der Waals surface area (Å²) in [7, 11) is 1.89. The third-order valence-electron chi connectivity index (χ3n) is 5.50. The molecule has 0 bridgehead atoms. The van der Waals surface area contributed by atoms with Crippen molar-refractivity contribution >= 4 is 39.5 Å². The molecule has 30 heavy (non-hydrogen) atoms. The van der Waals surface area contributed by atoms with Crippen LogP contribution in [0.1, 0.15) is 25.6 Å². The SMILES string of the molecule is Cc1c(Nc2nc(N)c3c(-c4ccc5occc5c4)cn(C(C)C)c3n2)cnn1C. The second-order valence-electron chi connectivity index (χ2n) is 7.74. The lowest BCUT2D eigenvalue weighted by molar-refractivity contribution is 0.616. The molecular formula is C22H23N7O. The standard InChI is InChI=1S/C22H23N7O/c1-12(2)29-11-16(14-5-6-18-15(9-14)7-8-30-18)19-20(23)26-22(27-21(19)29)25-17-10-24-28(4)13(17)3/h5-12H,1-4H3,(H3,23,25,26,27). The van der Waals surface area contributed by atoms with Crippen LogP contribution in [0.2, 0.25) is 0 Å². The number of rotatable bonds is 4. The van der Waals surface area contributed by atoms with E-state index in [1.54, 1.807) is 17.1 Å². The maximum Gasteiger partial charge on any atom is 0.231 e. The molecule has 0 unspecified atom stereocenters. The topological polar surface area (TPSA) is 99.7 Å². The number of nitrogens with two attached hydrogens (primary N) is 1. The average Bonchev–Trinajstić information content (AvgIpc) is 3.41. The molecule has 0 saturated heterocycles. The molecule has 8 heteroatoms. The largest absolute Gasteiger partial charge is 0.464 e. The Hall–Kier alpha value is -3.81. The average molecular weight is 401 g/mol. The maximum absolute atomic E-state index is 6.45. The predicted octanol–water partition coefficient (Wildman–Crippen LogP) is 4.79. The van der Waals surface area contributed by atoms with E-state index in [2.05, 4.69) is 46.1 Å². The predicted molar refractivity (Wildman–Crippen MR) is 119 cm³/mol. The fourth-order valence-electron chi connectivity index (χ4n) is 3.72. The third kappa shape index (κ3) is 2.80. The second kappa shape index (κ2) is 6.62. The highest BCUT2D eigenvalue weighted by atomic mass is 16.3. The van der Waals surface area contributed by atoms with Crippen molar-refractivity contribution < 1.29 is 4.42 Å². The third-order valence-corrected chi connectivity index (χ3v) is 5.50. The first-order valence-corrected chi connectivity index (χ1v) is 9.83. The summed E-state index contributed by atoms with van der Waals surface area (Å²) in [6, 6.07) is 8.28. The van der Waals surface area contributed by atoms with Gasteiger partial charge in [0, 0.05) is 30.2 Å². The van der Waals surface area contributed by atoms with Crippen LogP contribution < -0.4 is 11.1 Å². The first-order chi connectivity index (χ1) is 14.4. The zero-order chi connectivity index (χ0) is 21.0. The molecule has 0 radical (unpaired) electrons. The second-order valence-corrected chi connectivity index (χ2v) is 7.74. The van der Waals surface area contributed by atoms with Crippen LogP contribution in [0.15, 0.2) is 47.3 Å². The Labute approximate surface area is 173 Å². The van der Waals surface area contributed by atoms with Crippen LogP contribution in [0.5, 0.6) is 0 Å². The van der Waals surface area contributed by atoms with E-state index in [-0.39, 0.29) is 6.04 Å². The van der Waals surface area contributed by atoms with Crippen LogP contribution in [-0.4, -0.2) is 24.3 Å². The van der Waals surface area contributed by atoms with E-state index in [0.29, 0.717) is 11.8 Å². The van der Waals surface area contributed by atoms with Crippen molar-refractivity contribution in [1.82, 2.24) is 24.3 Å². The van der Waals surface area contributed by atoms with Gasteiger partial charge in [0.25, 0.3) is 0 Å². The molecule has 5 aromatic rings. The monoisotopic (exact) mass is 401 g/mol. The summed E-state index contributed by atoms with van der Waals surface area (Å²) in [5, 5.41) is 9.40. The molecule has 152 valence electrons. The van der Waals surface area contributed by atoms with Gasteiger partial charge in [-0.3, -0.25) is 4.68 Å². The number of nitrogens with zero attached hydrogens (tertiary/aromatic N) is 5. The molecule has 0 aliphatic carbocycles. The molecule has 0 aliphatic heterocycles. The highest BCUT2D eigenvalue weighted by Crippen LogP contribution is 2.36. The highest BCUT2D eigenvalue weighted by Gasteiger charge is 2.19. The fraction of sp³-hybridized carbons (Fsp3) is 0.227. The summed E-state index contributed by atoms with van der Waals surface area (Å²) in [5.41, 5.74) is 12.0. The first kappa shape index (κ1) is 18.2. The molecule has 0 atom stereocenters. The molecule has 4 aromatic heterocycles. The van der Waals surface area contributed by atoms with E-state index in [1.807, 2.05) is 32.2 Å². The van der Waals surface area contributed by atoms with E-state index < -0.39 is 0 Å². The number of aromatic nitrogens is 5. The number of benzene rings is 1. The van der Waals surface area contributed by atoms with Crippen molar-refractivity contribution in [2.75, 3.05) is 11.1 Å². The minimum Gasteiger partial charge on any atom is -0.464 e. The van der Waals surface area contributed by atoms with Crippen molar-refractivity contribution in [2.45, 2.75) is 26.8 Å². The van der Waals surface area contributed by atoms with E-state index >= 15 is 0 Å². The smallest absolute Gasteiger partial charge is 0.231 e. The Morgan fingerprint density at radius 3 is 2.73 bits per heavy atom. The first-order valence-electron chi connectivity index (χ1n) is 9.83. The lowest BCUT2D eigenvalue weighted by Crippen LogP contribution is -2.05. The molecule has 8 nitrogen and oxygen atoms in total. The van der Waals surface area contributed by atoms with Crippen LogP contribution >= 0.6 is 0 Å². The van der Waals surface area contributed by atoms with Gasteiger partial charge in [0.1, 0.15) is 17.0 Å². The summed E-state index contributed by atoms with van der Waals surface area (Å²) >= 11 is 0. The van der Waals surface area contributed by atoms with Crippen LogP contribution in [0, 0.1) is 6.92 Å². The fourth-order valence-corrected chi connectivity index (χ4v) is 3.72. The normalized spacial score (nSPS) is 11.8. The molecule has 0 spiro atoms. The van der Waals surface area contributed by atoms with Gasteiger partial charge in [-0.1, -0.05) is 6.07 Å². The van der Waals surface area contributed by atoms with Gasteiger partial charge >= 0.3 is 0 Å². The van der Waals surface area contributed by atoms with Gasteiger partial charge < -0.3 is 20.0 Å².